The summed E-state index contributed by atoms with van der Waals surface area (Å²) in [4.78, 5) is 39.9. The van der Waals surface area contributed by atoms with Gasteiger partial charge in [-0.3, -0.25) is 4.79 Å². The molecule has 1 aromatic heterocycles. The molecule has 0 fully saturated rings. The lowest BCUT2D eigenvalue weighted by atomic mass is 10.1. The standard InChI is InChI=1S/C20H20N2O6S/c1-26-19(24)15-11-28-12-22(17(15)20(25)27-2)16-8-4-3-7-14(16)18(23)21-10-13-6-5-9-29-13/h3-9H,10-12H2,1-2H3,(H,21,23). The molecule has 2 aromatic rings. The number of hydrogen-bond donors (Lipinski definition) is 1. The molecule has 29 heavy (non-hydrogen) atoms. The molecular weight excluding hydrogens is 396 g/mol. The molecule has 9 heteroatoms. The average molecular weight is 416 g/mol. The summed E-state index contributed by atoms with van der Waals surface area (Å²) in [5.41, 5.74) is 0.765. The zero-order valence-corrected chi connectivity index (χ0v) is 16.8. The van der Waals surface area contributed by atoms with Gasteiger partial charge in [0.15, 0.2) is 0 Å². The van der Waals surface area contributed by atoms with E-state index in [4.69, 9.17) is 14.2 Å². The monoisotopic (exact) mass is 416 g/mol. The number of carbonyl (C=O) groups excluding carboxylic acids is 3. The van der Waals surface area contributed by atoms with Crippen LogP contribution in [0.3, 0.4) is 0 Å². The summed E-state index contributed by atoms with van der Waals surface area (Å²) in [7, 11) is 2.44. The maximum absolute atomic E-state index is 12.8. The van der Waals surface area contributed by atoms with E-state index in [2.05, 4.69) is 5.32 Å². The van der Waals surface area contributed by atoms with E-state index < -0.39 is 11.9 Å². The molecule has 1 aromatic carbocycles. The minimum absolute atomic E-state index is 0.0101. The topological polar surface area (TPSA) is 94.2 Å². The zero-order chi connectivity index (χ0) is 20.8. The number of benzene rings is 1. The zero-order valence-electron chi connectivity index (χ0n) is 16.0. The Morgan fingerprint density at radius 1 is 1.10 bits per heavy atom. The van der Waals surface area contributed by atoms with Crippen molar-refractivity contribution in [3.63, 3.8) is 0 Å². The molecule has 0 saturated heterocycles. The molecule has 0 spiro atoms. The van der Waals surface area contributed by atoms with Crippen LogP contribution >= 0.6 is 11.3 Å². The van der Waals surface area contributed by atoms with Crippen LogP contribution < -0.4 is 10.2 Å². The van der Waals surface area contributed by atoms with Gasteiger partial charge in [0.2, 0.25) is 0 Å². The third-order valence-electron chi connectivity index (χ3n) is 4.28. The van der Waals surface area contributed by atoms with Crippen molar-refractivity contribution in [2.75, 3.05) is 32.5 Å². The molecule has 1 amide bonds. The van der Waals surface area contributed by atoms with E-state index in [9.17, 15) is 14.4 Å². The fourth-order valence-electron chi connectivity index (χ4n) is 2.91. The second-order valence-electron chi connectivity index (χ2n) is 6.00. The van der Waals surface area contributed by atoms with Crippen LogP contribution in [0.25, 0.3) is 0 Å². The molecule has 1 aliphatic heterocycles. The Bertz CT molecular complexity index is 938. The number of nitrogens with zero attached hydrogens (tertiary/aromatic N) is 1. The third kappa shape index (κ3) is 4.47. The molecule has 0 radical (unpaired) electrons. The van der Waals surface area contributed by atoms with Crippen LogP contribution in [0, 0.1) is 0 Å². The van der Waals surface area contributed by atoms with Crippen molar-refractivity contribution in [2.45, 2.75) is 6.54 Å². The van der Waals surface area contributed by atoms with Crippen LogP contribution in [-0.4, -0.2) is 45.4 Å². The lowest BCUT2D eigenvalue weighted by Crippen LogP contribution is -2.40. The summed E-state index contributed by atoms with van der Waals surface area (Å²) in [6, 6.07) is 10.6. The number of carbonyl (C=O) groups is 3. The number of nitrogens with one attached hydrogen (secondary N) is 1. The van der Waals surface area contributed by atoms with E-state index in [1.807, 2.05) is 17.5 Å². The highest BCUT2D eigenvalue weighted by molar-refractivity contribution is 7.09. The Morgan fingerprint density at radius 3 is 2.55 bits per heavy atom. The maximum atomic E-state index is 12.8. The van der Waals surface area contributed by atoms with Crippen molar-refractivity contribution < 1.29 is 28.6 Å². The van der Waals surface area contributed by atoms with Gasteiger partial charge >= 0.3 is 11.9 Å². The van der Waals surface area contributed by atoms with Gasteiger partial charge in [0.25, 0.3) is 5.91 Å². The molecule has 0 aliphatic carbocycles. The minimum atomic E-state index is -0.720. The maximum Gasteiger partial charge on any atom is 0.355 e. The number of rotatable bonds is 6. The van der Waals surface area contributed by atoms with Crippen LogP contribution in [0.1, 0.15) is 15.2 Å². The normalized spacial score (nSPS) is 13.8. The molecule has 1 N–H and O–H groups in total. The second kappa shape index (κ2) is 9.35. The summed E-state index contributed by atoms with van der Waals surface area (Å²) < 4.78 is 15.1. The molecule has 0 saturated carbocycles. The Kier molecular flexibility index (Phi) is 6.63. The third-order valence-corrected chi connectivity index (χ3v) is 5.15. The molecular formula is C20H20N2O6S. The van der Waals surface area contributed by atoms with Crippen LogP contribution in [0.2, 0.25) is 0 Å². The number of hydrogen-bond acceptors (Lipinski definition) is 8. The van der Waals surface area contributed by atoms with E-state index in [1.165, 1.54) is 19.1 Å². The molecule has 0 unspecified atom stereocenters. The smallest absolute Gasteiger partial charge is 0.355 e. The van der Waals surface area contributed by atoms with Gasteiger partial charge in [0.05, 0.1) is 44.2 Å². The van der Waals surface area contributed by atoms with Gasteiger partial charge in [-0.05, 0) is 23.6 Å². The number of para-hydroxylation sites is 1. The first-order valence-electron chi connectivity index (χ1n) is 8.71. The summed E-state index contributed by atoms with van der Waals surface area (Å²) in [5.74, 6) is -1.74. The Labute approximate surface area is 171 Å². The number of ether oxygens (including phenoxy) is 3. The summed E-state index contributed by atoms with van der Waals surface area (Å²) in [6.45, 7) is 0.259. The fourth-order valence-corrected chi connectivity index (χ4v) is 3.56. The summed E-state index contributed by atoms with van der Waals surface area (Å²) in [5, 5.41) is 4.80. The van der Waals surface area contributed by atoms with E-state index in [1.54, 1.807) is 35.6 Å². The van der Waals surface area contributed by atoms with E-state index in [0.717, 1.165) is 4.88 Å². The van der Waals surface area contributed by atoms with Crippen LogP contribution in [-0.2, 0) is 30.3 Å². The van der Waals surface area contributed by atoms with Crippen LogP contribution in [0.5, 0.6) is 0 Å². The van der Waals surface area contributed by atoms with Gasteiger partial charge in [-0.25, -0.2) is 9.59 Å². The molecule has 2 heterocycles. The largest absolute Gasteiger partial charge is 0.466 e. The van der Waals surface area contributed by atoms with Gasteiger partial charge in [-0.1, -0.05) is 18.2 Å². The van der Waals surface area contributed by atoms with Crippen molar-refractivity contribution in [3.05, 3.63) is 63.5 Å². The molecule has 0 atom stereocenters. The number of methoxy groups -OCH3 is 2. The molecule has 8 nitrogen and oxygen atoms in total. The predicted molar refractivity (Wildman–Crippen MR) is 106 cm³/mol. The number of amides is 1. The molecule has 1 aliphatic rings. The average Bonchev–Trinajstić information content (AvgIpc) is 3.29. The van der Waals surface area contributed by atoms with Crippen molar-refractivity contribution in [1.29, 1.82) is 0 Å². The molecule has 152 valence electrons. The van der Waals surface area contributed by atoms with Crippen LogP contribution in [0.4, 0.5) is 5.69 Å². The number of anilines is 1. The van der Waals surface area contributed by atoms with Crippen molar-refractivity contribution >= 4 is 34.9 Å². The highest BCUT2D eigenvalue weighted by atomic mass is 32.1. The lowest BCUT2D eigenvalue weighted by Gasteiger charge is -2.32. The quantitative estimate of drug-likeness (QED) is 0.721. The van der Waals surface area contributed by atoms with E-state index in [-0.39, 0.29) is 30.5 Å². The summed E-state index contributed by atoms with van der Waals surface area (Å²) in [6.07, 6.45) is 0. The van der Waals surface area contributed by atoms with Crippen molar-refractivity contribution in [2.24, 2.45) is 0 Å². The van der Waals surface area contributed by atoms with E-state index in [0.29, 0.717) is 17.8 Å². The van der Waals surface area contributed by atoms with Crippen LogP contribution in [0.15, 0.2) is 53.0 Å². The first-order chi connectivity index (χ1) is 14.1. The molecule has 0 bridgehead atoms. The highest BCUT2D eigenvalue weighted by Gasteiger charge is 2.33. The van der Waals surface area contributed by atoms with Gasteiger partial charge in [0.1, 0.15) is 12.4 Å². The van der Waals surface area contributed by atoms with Gasteiger partial charge < -0.3 is 24.4 Å². The van der Waals surface area contributed by atoms with Crippen molar-refractivity contribution in [3.8, 4) is 0 Å². The first kappa shape index (κ1) is 20.6. The highest BCUT2D eigenvalue weighted by Crippen LogP contribution is 2.29. The minimum Gasteiger partial charge on any atom is -0.466 e. The Morgan fingerprint density at radius 2 is 1.86 bits per heavy atom. The van der Waals surface area contributed by atoms with Gasteiger partial charge in [-0.15, -0.1) is 11.3 Å². The predicted octanol–water partition coefficient (Wildman–Crippen LogP) is 2.07. The van der Waals surface area contributed by atoms with E-state index >= 15 is 0 Å². The fraction of sp³-hybridized carbons (Fsp3) is 0.250. The Hall–Kier alpha value is -3.17. The Balaban J connectivity index is 1.97. The first-order valence-corrected chi connectivity index (χ1v) is 9.59. The van der Waals surface area contributed by atoms with Gasteiger partial charge in [0, 0.05) is 4.88 Å². The summed E-state index contributed by atoms with van der Waals surface area (Å²) >= 11 is 1.54. The lowest BCUT2D eigenvalue weighted by molar-refractivity contribution is -0.140. The number of esters is 2. The number of thiophene rings is 1. The van der Waals surface area contributed by atoms with Crippen molar-refractivity contribution in [1.82, 2.24) is 5.32 Å². The van der Waals surface area contributed by atoms with Gasteiger partial charge in [-0.2, -0.15) is 0 Å². The molecule has 3 rings (SSSR count). The SMILES string of the molecule is COC(=O)C1=C(C(=O)OC)N(c2ccccc2C(=O)NCc2cccs2)COC1. The second-order valence-corrected chi connectivity index (χ2v) is 7.03.